The van der Waals surface area contributed by atoms with Crippen LogP contribution in [0.25, 0.3) is 22.2 Å². The van der Waals surface area contributed by atoms with Gasteiger partial charge in [0.2, 0.25) is 10.0 Å². The summed E-state index contributed by atoms with van der Waals surface area (Å²) in [6, 6.07) is 13.5. The lowest BCUT2D eigenvalue weighted by Gasteiger charge is -2.10. The molecule has 25 heavy (non-hydrogen) atoms. The summed E-state index contributed by atoms with van der Waals surface area (Å²) in [7, 11) is -3.69. The summed E-state index contributed by atoms with van der Waals surface area (Å²) in [5.74, 6) is -0.720. The van der Waals surface area contributed by atoms with E-state index in [1.165, 1.54) is 6.07 Å². The van der Waals surface area contributed by atoms with Gasteiger partial charge in [-0.05, 0) is 24.3 Å². The molecule has 0 spiro atoms. The molecule has 3 rings (SSSR count). The van der Waals surface area contributed by atoms with Crippen molar-refractivity contribution in [3.05, 3.63) is 64.1 Å². The number of carbonyl (C=O) groups excluding carboxylic acids is 1. The highest BCUT2D eigenvalue weighted by atomic mass is 35.5. The molecule has 5 nitrogen and oxygen atoms in total. The number of aromatic nitrogens is 1. The van der Waals surface area contributed by atoms with Crippen LogP contribution in [0.3, 0.4) is 0 Å². The number of nitrogens with one attached hydrogen (secondary N) is 1. The number of rotatable bonds is 3. The van der Waals surface area contributed by atoms with Gasteiger partial charge in [0.1, 0.15) is 0 Å². The Morgan fingerprint density at radius 3 is 2.44 bits per heavy atom. The topological polar surface area (TPSA) is 76.1 Å². The van der Waals surface area contributed by atoms with Crippen LogP contribution >= 0.6 is 23.2 Å². The number of carbonyl (C=O) groups is 1. The molecule has 3 aromatic rings. The van der Waals surface area contributed by atoms with Crippen LogP contribution in [0.1, 0.15) is 10.4 Å². The number of amides is 1. The van der Waals surface area contributed by atoms with Crippen LogP contribution in [0.4, 0.5) is 0 Å². The van der Waals surface area contributed by atoms with Crippen molar-refractivity contribution in [1.29, 1.82) is 0 Å². The molecule has 0 aliphatic rings. The van der Waals surface area contributed by atoms with E-state index in [1.54, 1.807) is 42.5 Å². The smallest absolute Gasteiger partial charge is 0.265 e. The number of para-hydroxylation sites is 1. The second kappa shape index (κ2) is 6.63. The monoisotopic (exact) mass is 394 g/mol. The predicted octanol–water partition coefficient (Wildman–Crippen LogP) is 3.90. The van der Waals surface area contributed by atoms with E-state index in [1.807, 2.05) is 4.72 Å². The molecule has 0 radical (unpaired) electrons. The summed E-state index contributed by atoms with van der Waals surface area (Å²) in [6.07, 6.45) is 0.925. The first-order valence-electron chi connectivity index (χ1n) is 7.12. The Bertz CT molecular complexity index is 1100. The first kappa shape index (κ1) is 17.7. The van der Waals surface area contributed by atoms with Gasteiger partial charge in [-0.15, -0.1) is 0 Å². The Labute approximate surface area is 154 Å². The fraction of sp³-hybridized carbons (Fsp3) is 0.0588. The first-order valence-corrected chi connectivity index (χ1v) is 9.77. The summed E-state index contributed by atoms with van der Waals surface area (Å²) in [6.45, 7) is 0. The van der Waals surface area contributed by atoms with Crippen molar-refractivity contribution in [3.8, 4) is 11.3 Å². The van der Waals surface area contributed by atoms with E-state index in [2.05, 4.69) is 4.98 Å². The lowest BCUT2D eigenvalue weighted by molar-refractivity contribution is 0.0983. The van der Waals surface area contributed by atoms with Crippen molar-refractivity contribution in [2.24, 2.45) is 0 Å². The van der Waals surface area contributed by atoms with Crippen LogP contribution in [0.15, 0.2) is 48.5 Å². The molecule has 1 N–H and O–H groups in total. The summed E-state index contributed by atoms with van der Waals surface area (Å²) in [5, 5.41) is 1.31. The van der Waals surface area contributed by atoms with Gasteiger partial charge in [0.05, 0.1) is 33.1 Å². The maximum absolute atomic E-state index is 12.4. The standard InChI is InChI=1S/C17H12Cl2N2O3S/c1-25(23,24)21-17(22)12-9-16(10-6-7-13(18)14(19)8-10)20-15-5-3-2-4-11(12)15/h2-9H,1H3,(H,21,22). The van der Waals surface area contributed by atoms with Crippen molar-refractivity contribution in [3.63, 3.8) is 0 Å². The van der Waals surface area contributed by atoms with Gasteiger partial charge in [0.25, 0.3) is 5.91 Å². The molecule has 8 heteroatoms. The van der Waals surface area contributed by atoms with Crippen molar-refractivity contribution in [2.45, 2.75) is 0 Å². The second-order valence-electron chi connectivity index (χ2n) is 5.40. The van der Waals surface area contributed by atoms with Gasteiger partial charge in [-0.1, -0.05) is 47.5 Å². The summed E-state index contributed by atoms with van der Waals surface area (Å²) in [5.41, 5.74) is 1.91. The molecule has 128 valence electrons. The Morgan fingerprint density at radius 1 is 1.04 bits per heavy atom. The summed E-state index contributed by atoms with van der Waals surface area (Å²) >= 11 is 12.0. The van der Waals surface area contributed by atoms with E-state index < -0.39 is 15.9 Å². The second-order valence-corrected chi connectivity index (χ2v) is 7.97. The minimum Gasteiger partial charge on any atom is -0.268 e. The van der Waals surface area contributed by atoms with Crippen LogP contribution in [-0.4, -0.2) is 25.6 Å². The van der Waals surface area contributed by atoms with E-state index in [-0.39, 0.29) is 5.56 Å². The number of fused-ring (bicyclic) bond motifs is 1. The van der Waals surface area contributed by atoms with Crippen LogP contribution in [0.5, 0.6) is 0 Å². The number of sulfonamides is 1. The van der Waals surface area contributed by atoms with Crippen LogP contribution in [-0.2, 0) is 10.0 Å². The maximum atomic E-state index is 12.4. The fourth-order valence-electron chi connectivity index (χ4n) is 2.39. The zero-order chi connectivity index (χ0) is 18.2. The summed E-state index contributed by atoms with van der Waals surface area (Å²) in [4.78, 5) is 16.9. The zero-order valence-corrected chi connectivity index (χ0v) is 15.3. The van der Waals surface area contributed by atoms with Crippen LogP contribution < -0.4 is 4.72 Å². The van der Waals surface area contributed by atoms with E-state index in [4.69, 9.17) is 23.2 Å². The van der Waals surface area contributed by atoms with E-state index in [0.29, 0.717) is 32.2 Å². The number of nitrogens with zero attached hydrogens (tertiary/aromatic N) is 1. The zero-order valence-electron chi connectivity index (χ0n) is 13.0. The molecule has 0 unspecified atom stereocenters. The van der Waals surface area contributed by atoms with Gasteiger partial charge in [0.15, 0.2) is 0 Å². The van der Waals surface area contributed by atoms with Crippen molar-refractivity contribution in [2.75, 3.05) is 6.26 Å². The third kappa shape index (κ3) is 3.92. The number of benzene rings is 2. The summed E-state index contributed by atoms with van der Waals surface area (Å²) < 4.78 is 24.8. The van der Waals surface area contributed by atoms with Crippen molar-refractivity contribution >= 4 is 50.0 Å². The quantitative estimate of drug-likeness (QED) is 0.730. The molecule has 0 saturated heterocycles. The van der Waals surface area contributed by atoms with Gasteiger partial charge in [0, 0.05) is 10.9 Å². The lowest BCUT2D eigenvalue weighted by atomic mass is 10.0. The molecule has 0 aliphatic heterocycles. The highest BCUT2D eigenvalue weighted by Gasteiger charge is 2.17. The third-order valence-electron chi connectivity index (χ3n) is 3.45. The Kier molecular flexibility index (Phi) is 4.69. The van der Waals surface area contributed by atoms with Crippen LogP contribution in [0.2, 0.25) is 10.0 Å². The minimum absolute atomic E-state index is 0.206. The maximum Gasteiger partial charge on any atom is 0.265 e. The minimum atomic E-state index is -3.69. The Morgan fingerprint density at radius 2 is 1.76 bits per heavy atom. The molecule has 1 aromatic heterocycles. The lowest BCUT2D eigenvalue weighted by Crippen LogP contribution is -2.29. The average molecular weight is 395 g/mol. The number of halogens is 2. The number of hydrogen-bond donors (Lipinski definition) is 1. The highest BCUT2D eigenvalue weighted by molar-refractivity contribution is 7.89. The average Bonchev–Trinajstić information content (AvgIpc) is 2.54. The molecule has 1 heterocycles. The van der Waals surface area contributed by atoms with Gasteiger partial charge >= 0.3 is 0 Å². The largest absolute Gasteiger partial charge is 0.268 e. The highest BCUT2D eigenvalue weighted by Crippen LogP contribution is 2.30. The molecule has 2 aromatic carbocycles. The molecule has 0 saturated carbocycles. The van der Waals surface area contributed by atoms with Gasteiger partial charge in [-0.2, -0.15) is 0 Å². The van der Waals surface area contributed by atoms with Gasteiger partial charge < -0.3 is 0 Å². The molecular formula is C17H12Cl2N2O3S. The molecule has 0 atom stereocenters. The van der Waals surface area contributed by atoms with Gasteiger partial charge in [-0.25, -0.2) is 18.1 Å². The molecule has 0 aliphatic carbocycles. The Hall–Kier alpha value is -2.15. The third-order valence-corrected chi connectivity index (χ3v) is 4.75. The fourth-order valence-corrected chi connectivity index (χ4v) is 3.13. The first-order chi connectivity index (χ1) is 11.7. The van der Waals surface area contributed by atoms with Crippen molar-refractivity contribution in [1.82, 2.24) is 9.71 Å². The molecule has 0 fully saturated rings. The molecule has 0 bridgehead atoms. The van der Waals surface area contributed by atoms with E-state index >= 15 is 0 Å². The number of pyridine rings is 1. The number of hydrogen-bond acceptors (Lipinski definition) is 4. The van der Waals surface area contributed by atoms with Crippen molar-refractivity contribution < 1.29 is 13.2 Å². The normalized spacial score (nSPS) is 11.5. The predicted molar refractivity (Wildman–Crippen MR) is 99.5 cm³/mol. The SMILES string of the molecule is CS(=O)(=O)NC(=O)c1cc(-c2ccc(Cl)c(Cl)c2)nc2ccccc12. The van der Waals surface area contributed by atoms with E-state index in [0.717, 1.165) is 6.26 Å². The Balaban J connectivity index is 2.21. The molecule has 1 amide bonds. The van der Waals surface area contributed by atoms with Crippen LogP contribution in [0, 0.1) is 0 Å². The van der Waals surface area contributed by atoms with Gasteiger partial charge in [-0.3, -0.25) is 4.79 Å². The van der Waals surface area contributed by atoms with E-state index in [9.17, 15) is 13.2 Å². The molecular weight excluding hydrogens is 383 g/mol.